The quantitative estimate of drug-likeness (QED) is 0.674. The van der Waals surface area contributed by atoms with Gasteiger partial charge in [-0.2, -0.15) is 4.31 Å². The molecule has 2 aromatic rings. The highest BCUT2D eigenvalue weighted by Crippen LogP contribution is 2.28. The number of halogens is 2. The molecule has 168 valence electrons. The Balaban J connectivity index is 1.78. The minimum atomic E-state index is -3.77. The first kappa shape index (κ1) is 23.7. The number of carbonyl (C=O) groups excluding carboxylic acids is 1. The fourth-order valence-corrected chi connectivity index (χ4v) is 5.71. The van der Waals surface area contributed by atoms with Gasteiger partial charge in [-0.25, -0.2) is 12.8 Å². The summed E-state index contributed by atoms with van der Waals surface area (Å²) in [4.78, 5) is 14.6. The molecule has 1 atom stereocenters. The number of nitrogens with one attached hydrogen (secondary N) is 1. The predicted molar refractivity (Wildman–Crippen MR) is 119 cm³/mol. The summed E-state index contributed by atoms with van der Waals surface area (Å²) in [5.74, 6) is -0.768. The Morgan fingerprint density at radius 3 is 2.52 bits per heavy atom. The van der Waals surface area contributed by atoms with Crippen molar-refractivity contribution in [2.45, 2.75) is 30.2 Å². The number of hydrogen-bond donors (Lipinski definition) is 1. The fraction of sp³-hybridized carbons (Fsp3) is 0.409. The maximum absolute atomic E-state index is 13.6. The van der Waals surface area contributed by atoms with Crippen LogP contribution in [-0.4, -0.2) is 57.3 Å². The van der Waals surface area contributed by atoms with E-state index in [2.05, 4.69) is 5.32 Å². The number of sulfonamides is 1. The molecule has 9 heteroatoms. The Labute approximate surface area is 188 Å². The number of likely N-dealkylation sites (N-methyl/N-ethyl adjacent to an activating group) is 1. The van der Waals surface area contributed by atoms with Gasteiger partial charge in [-0.15, -0.1) is 0 Å². The topological polar surface area (TPSA) is 69.7 Å². The normalized spacial score (nSPS) is 16.3. The molecule has 6 nitrogen and oxygen atoms in total. The summed E-state index contributed by atoms with van der Waals surface area (Å²) in [5, 5.41) is 2.91. The van der Waals surface area contributed by atoms with Gasteiger partial charge in [0.2, 0.25) is 10.0 Å². The van der Waals surface area contributed by atoms with Crippen molar-refractivity contribution in [3.8, 4) is 0 Å². The van der Waals surface area contributed by atoms with E-state index in [1.807, 2.05) is 19.0 Å². The van der Waals surface area contributed by atoms with Gasteiger partial charge >= 0.3 is 0 Å². The number of benzene rings is 2. The van der Waals surface area contributed by atoms with Gasteiger partial charge in [0.25, 0.3) is 5.91 Å². The van der Waals surface area contributed by atoms with Crippen LogP contribution in [0.2, 0.25) is 5.02 Å². The summed E-state index contributed by atoms with van der Waals surface area (Å²) in [6.07, 6.45) is 2.62. The molecule has 31 heavy (non-hydrogen) atoms. The highest BCUT2D eigenvalue weighted by molar-refractivity contribution is 7.89. The van der Waals surface area contributed by atoms with Gasteiger partial charge in [0.05, 0.1) is 11.1 Å². The SMILES string of the molecule is CN(C)[C@H](CNC(=O)c1ccc(Cl)c(S(=O)(=O)N2CCCCC2)c1)c1cccc(F)c1. The number of piperidine rings is 1. The van der Waals surface area contributed by atoms with E-state index in [-0.39, 0.29) is 33.9 Å². The van der Waals surface area contributed by atoms with Crippen LogP contribution in [0.3, 0.4) is 0 Å². The third-order valence-electron chi connectivity index (χ3n) is 5.44. The summed E-state index contributed by atoms with van der Waals surface area (Å²) in [6, 6.07) is 10.2. The number of hydrogen-bond acceptors (Lipinski definition) is 4. The molecule has 3 rings (SSSR count). The van der Waals surface area contributed by atoms with Gasteiger partial charge in [-0.3, -0.25) is 4.79 Å². The van der Waals surface area contributed by atoms with Crippen molar-refractivity contribution < 1.29 is 17.6 Å². The van der Waals surface area contributed by atoms with Crippen LogP contribution < -0.4 is 5.32 Å². The molecule has 0 aliphatic carbocycles. The van der Waals surface area contributed by atoms with Crippen LogP contribution in [0.5, 0.6) is 0 Å². The van der Waals surface area contributed by atoms with Crippen molar-refractivity contribution >= 4 is 27.5 Å². The largest absolute Gasteiger partial charge is 0.350 e. The predicted octanol–water partition coefficient (Wildman–Crippen LogP) is 3.69. The van der Waals surface area contributed by atoms with Crippen molar-refractivity contribution in [1.29, 1.82) is 0 Å². The summed E-state index contributed by atoms with van der Waals surface area (Å²) in [6.45, 7) is 1.13. The lowest BCUT2D eigenvalue weighted by molar-refractivity contribution is 0.0941. The average molecular weight is 468 g/mol. The molecule has 1 N–H and O–H groups in total. The van der Waals surface area contributed by atoms with Crippen molar-refractivity contribution in [2.24, 2.45) is 0 Å². The van der Waals surface area contributed by atoms with Crippen molar-refractivity contribution in [3.05, 3.63) is 64.4 Å². The van der Waals surface area contributed by atoms with Crippen molar-refractivity contribution in [3.63, 3.8) is 0 Å². The summed E-state index contributed by atoms with van der Waals surface area (Å²) < 4.78 is 41.1. The zero-order valence-electron chi connectivity index (χ0n) is 17.6. The Morgan fingerprint density at radius 2 is 1.87 bits per heavy atom. The van der Waals surface area contributed by atoms with E-state index >= 15 is 0 Å². The fourth-order valence-electron chi connectivity index (χ4n) is 3.69. The van der Waals surface area contributed by atoms with Gasteiger partial charge < -0.3 is 10.2 Å². The standard InChI is InChI=1S/C22H27ClFN3O3S/c1-26(2)20(16-7-6-8-18(24)13-16)15-25-22(28)17-9-10-19(23)21(14-17)31(29,30)27-11-4-3-5-12-27/h6-10,13-14,20H,3-5,11-12,15H2,1-2H3,(H,25,28)/t20-/m1/s1. The van der Waals surface area contributed by atoms with Gasteiger partial charge in [0.1, 0.15) is 10.7 Å². The highest BCUT2D eigenvalue weighted by Gasteiger charge is 2.29. The van der Waals surface area contributed by atoms with E-state index < -0.39 is 15.9 Å². The lowest BCUT2D eigenvalue weighted by Crippen LogP contribution is -2.36. The number of nitrogens with zero attached hydrogens (tertiary/aromatic N) is 2. The van der Waals surface area contributed by atoms with Crippen LogP contribution in [0.4, 0.5) is 4.39 Å². The second-order valence-corrected chi connectivity index (χ2v) is 10.2. The molecule has 0 unspecified atom stereocenters. The third-order valence-corrected chi connectivity index (χ3v) is 7.82. The van der Waals surface area contributed by atoms with E-state index in [4.69, 9.17) is 11.6 Å². The van der Waals surface area contributed by atoms with E-state index in [1.54, 1.807) is 12.1 Å². The van der Waals surface area contributed by atoms with Crippen LogP contribution in [0.1, 0.15) is 41.2 Å². The van der Waals surface area contributed by atoms with Gasteiger partial charge in [0, 0.05) is 25.2 Å². The molecular weight excluding hydrogens is 441 g/mol. The van der Waals surface area contributed by atoms with Crippen LogP contribution in [-0.2, 0) is 10.0 Å². The van der Waals surface area contributed by atoms with E-state index in [1.165, 1.54) is 34.6 Å². The molecule has 1 aliphatic rings. The molecule has 0 bridgehead atoms. The molecule has 1 saturated heterocycles. The molecule has 0 saturated carbocycles. The first-order valence-electron chi connectivity index (χ1n) is 10.2. The lowest BCUT2D eigenvalue weighted by Gasteiger charge is -2.26. The molecule has 0 radical (unpaired) electrons. The van der Waals surface area contributed by atoms with Crippen LogP contribution in [0.15, 0.2) is 47.4 Å². The second-order valence-electron chi connectivity index (χ2n) is 7.85. The lowest BCUT2D eigenvalue weighted by atomic mass is 10.1. The molecule has 1 heterocycles. The minimum Gasteiger partial charge on any atom is -0.350 e. The van der Waals surface area contributed by atoms with Gasteiger partial charge in [0.15, 0.2) is 0 Å². The molecule has 1 aliphatic heterocycles. The van der Waals surface area contributed by atoms with E-state index in [0.717, 1.165) is 24.8 Å². The number of carbonyl (C=O) groups is 1. The molecule has 0 spiro atoms. The summed E-state index contributed by atoms with van der Waals surface area (Å²) in [7, 11) is -0.0885. The van der Waals surface area contributed by atoms with Crippen LogP contribution >= 0.6 is 11.6 Å². The first-order valence-corrected chi connectivity index (χ1v) is 12.0. The minimum absolute atomic E-state index is 0.0574. The molecule has 0 aromatic heterocycles. The smallest absolute Gasteiger partial charge is 0.251 e. The highest BCUT2D eigenvalue weighted by atomic mass is 35.5. The third kappa shape index (κ3) is 5.63. The molecule has 1 amide bonds. The van der Waals surface area contributed by atoms with Crippen LogP contribution in [0.25, 0.3) is 0 Å². The Hall–Kier alpha value is -2.00. The zero-order chi connectivity index (χ0) is 22.6. The van der Waals surface area contributed by atoms with Crippen molar-refractivity contribution in [2.75, 3.05) is 33.7 Å². The van der Waals surface area contributed by atoms with Gasteiger partial charge in [-0.1, -0.05) is 30.2 Å². The van der Waals surface area contributed by atoms with Crippen molar-refractivity contribution in [1.82, 2.24) is 14.5 Å². The average Bonchev–Trinajstić information content (AvgIpc) is 2.74. The maximum atomic E-state index is 13.6. The Bertz CT molecular complexity index is 1040. The van der Waals surface area contributed by atoms with E-state index in [9.17, 15) is 17.6 Å². The summed E-state index contributed by atoms with van der Waals surface area (Å²) >= 11 is 6.19. The van der Waals surface area contributed by atoms with Gasteiger partial charge in [-0.05, 0) is 62.8 Å². The second kappa shape index (κ2) is 10.1. The molecular formula is C22H27ClFN3O3S. The first-order chi connectivity index (χ1) is 14.7. The van der Waals surface area contributed by atoms with Crippen LogP contribution in [0, 0.1) is 5.82 Å². The zero-order valence-corrected chi connectivity index (χ0v) is 19.2. The summed E-state index contributed by atoms with van der Waals surface area (Å²) in [5.41, 5.74) is 0.937. The number of rotatable bonds is 7. The van der Waals surface area contributed by atoms with E-state index in [0.29, 0.717) is 13.1 Å². The monoisotopic (exact) mass is 467 g/mol. The Kier molecular flexibility index (Phi) is 7.69. The Morgan fingerprint density at radius 1 is 1.16 bits per heavy atom. The number of amides is 1. The molecule has 1 fully saturated rings. The molecule has 2 aromatic carbocycles. The maximum Gasteiger partial charge on any atom is 0.251 e.